The Balaban J connectivity index is 1.85. The van der Waals surface area contributed by atoms with Crippen molar-refractivity contribution in [2.45, 2.75) is 13.5 Å². The van der Waals surface area contributed by atoms with E-state index < -0.39 is 0 Å². The first-order chi connectivity index (χ1) is 13.1. The topological polar surface area (TPSA) is 52.6 Å². The van der Waals surface area contributed by atoms with Crippen molar-refractivity contribution in [1.29, 1.82) is 0 Å². The van der Waals surface area contributed by atoms with E-state index in [1.165, 1.54) is 14.0 Å². The highest BCUT2D eigenvalue weighted by Gasteiger charge is 2.12. The van der Waals surface area contributed by atoms with Crippen LogP contribution < -0.4 is 4.74 Å². The molecule has 27 heavy (non-hydrogen) atoms. The van der Waals surface area contributed by atoms with Gasteiger partial charge in [-0.15, -0.1) is 0 Å². The summed E-state index contributed by atoms with van der Waals surface area (Å²) in [6.07, 6.45) is 0. The Labute approximate surface area is 158 Å². The number of Topliss-reactive ketones (excluding diaryl/α,β-unsaturated/α-hetero) is 1. The van der Waals surface area contributed by atoms with E-state index in [4.69, 9.17) is 9.47 Å². The molecule has 0 aromatic heterocycles. The van der Waals surface area contributed by atoms with Crippen LogP contribution in [0, 0.1) is 0 Å². The average Bonchev–Trinajstić information content (AvgIpc) is 2.72. The van der Waals surface area contributed by atoms with Crippen molar-refractivity contribution in [1.82, 2.24) is 0 Å². The molecule has 4 nitrogen and oxygen atoms in total. The number of rotatable bonds is 6. The summed E-state index contributed by atoms with van der Waals surface area (Å²) in [6.45, 7) is 1.92. The first-order valence-electron chi connectivity index (χ1n) is 8.59. The molecule has 0 aliphatic carbocycles. The van der Waals surface area contributed by atoms with E-state index in [0.29, 0.717) is 23.5 Å². The fourth-order valence-electron chi connectivity index (χ4n) is 2.76. The van der Waals surface area contributed by atoms with Crippen LogP contribution in [0.25, 0.3) is 11.1 Å². The van der Waals surface area contributed by atoms with E-state index in [-0.39, 0.29) is 11.8 Å². The van der Waals surface area contributed by atoms with Gasteiger partial charge >= 0.3 is 5.97 Å². The van der Waals surface area contributed by atoms with Gasteiger partial charge in [0.2, 0.25) is 0 Å². The third-order valence-electron chi connectivity index (χ3n) is 4.24. The number of esters is 1. The van der Waals surface area contributed by atoms with Gasteiger partial charge in [0.25, 0.3) is 0 Å². The summed E-state index contributed by atoms with van der Waals surface area (Å²) >= 11 is 0. The third-order valence-corrected chi connectivity index (χ3v) is 4.24. The standard InChI is InChI=1S/C23H20O4/c1-16(24)21-14-20(18-8-10-19(11-9-18)23(25)26-2)12-13-22(21)27-15-17-6-4-3-5-7-17/h3-14H,15H2,1-2H3. The number of carbonyl (C=O) groups is 2. The normalized spacial score (nSPS) is 10.3. The molecule has 3 aromatic carbocycles. The molecule has 0 bridgehead atoms. The van der Waals surface area contributed by atoms with Crippen molar-refractivity contribution in [2.75, 3.05) is 7.11 Å². The van der Waals surface area contributed by atoms with Gasteiger partial charge in [-0.25, -0.2) is 4.79 Å². The zero-order chi connectivity index (χ0) is 19.2. The molecule has 0 saturated heterocycles. The SMILES string of the molecule is COC(=O)c1ccc(-c2ccc(OCc3ccccc3)c(C(C)=O)c2)cc1. The molecule has 0 N–H and O–H groups in total. The Bertz CT molecular complexity index is 944. The Hall–Kier alpha value is -3.40. The second-order valence-electron chi connectivity index (χ2n) is 6.11. The number of ketones is 1. The number of methoxy groups -OCH3 is 1. The van der Waals surface area contributed by atoms with E-state index in [9.17, 15) is 9.59 Å². The lowest BCUT2D eigenvalue weighted by Gasteiger charge is -2.12. The maximum atomic E-state index is 12.1. The van der Waals surface area contributed by atoms with Gasteiger partial charge in [0.05, 0.1) is 18.2 Å². The van der Waals surface area contributed by atoms with Crippen LogP contribution in [0.5, 0.6) is 5.75 Å². The highest BCUT2D eigenvalue weighted by atomic mass is 16.5. The van der Waals surface area contributed by atoms with Gasteiger partial charge in [-0.1, -0.05) is 48.5 Å². The Morgan fingerprint density at radius 2 is 1.52 bits per heavy atom. The number of hydrogen-bond donors (Lipinski definition) is 0. The first-order valence-corrected chi connectivity index (χ1v) is 8.59. The Kier molecular flexibility index (Phi) is 5.67. The maximum Gasteiger partial charge on any atom is 0.337 e. The highest BCUT2D eigenvalue weighted by molar-refractivity contribution is 5.98. The van der Waals surface area contributed by atoms with Crippen LogP contribution in [0.4, 0.5) is 0 Å². The van der Waals surface area contributed by atoms with Gasteiger partial charge in [-0.3, -0.25) is 4.79 Å². The predicted octanol–water partition coefficient (Wildman–Crippen LogP) is 4.92. The maximum absolute atomic E-state index is 12.1. The zero-order valence-corrected chi connectivity index (χ0v) is 15.3. The minimum Gasteiger partial charge on any atom is -0.488 e. The molecule has 0 radical (unpaired) electrons. The fourth-order valence-corrected chi connectivity index (χ4v) is 2.76. The molecular formula is C23H20O4. The number of carbonyl (C=O) groups excluding carboxylic acids is 2. The van der Waals surface area contributed by atoms with Gasteiger partial charge in [-0.05, 0) is 47.9 Å². The first kappa shape index (κ1) is 18.4. The number of benzene rings is 3. The average molecular weight is 360 g/mol. The summed E-state index contributed by atoms with van der Waals surface area (Å²) in [7, 11) is 1.35. The molecule has 0 atom stereocenters. The van der Waals surface area contributed by atoms with Crippen molar-refractivity contribution < 1.29 is 19.1 Å². The van der Waals surface area contributed by atoms with Gasteiger partial charge in [0.1, 0.15) is 12.4 Å². The summed E-state index contributed by atoms with van der Waals surface area (Å²) in [6, 6.07) is 22.4. The van der Waals surface area contributed by atoms with Crippen LogP contribution in [-0.4, -0.2) is 18.9 Å². The van der Waals surface area contributed by atoms with Crippen LogP contribution >= 0.6 is 0 Å². The molecule has 0 fully saturated rings. The molecular weight excluding hydrogens is 340 g/mol. The van der Waals surface area contributed by atoms with Gasteiger partial charge in [0, 0.05) is 0 Å². The van der Waals surface area contributed by atoms with Gasteiger partial charge < -0.3 is 9.47 Å². The second kappa shape index (κ2) is 8.32. The number of ether oxygens (including phenoxy) is 2. The lowest BCUT2D eigenvalue weighted by atomic mass is 10.00. The van der Waals surface area contributed by atoms with Gasteiger partial charge in [-0.2, -0.15) is 0 Å². The minimum atomic E-state index is -0.379. The summed E-state index contributed by atoms with van der Waals surface area (Å²) in [5.74, 6) is 0.114. The third kappa shape index (κ3) is 4.42. The smallest absolute Gasteiger partial charge is 0.337 e. The van der Waals surface area contributed by atoms with Crippen LogP contribution in [0.15, 0.2) is 72.8 Å². The van der Waals surface area contributed by atoms with Crippen LogP contribution in [0.2, 0.25) is 0 Å². The van der Waals surface area contributed by atoms with E-state index in [0.717, 1.165) is 16.7 Å². The lowest BCUT2D eigenvalue weighted by Crippen LogP contribution is -2.02. The van der Waals surface area contributed by atoms with E-state index in [1.54, 1.807) is 12.1 Å². The largest absolute Gasteiger partial charge is 0.488 e. The molecule has 0 aliphatic rings. The molecule has 3 aromatic rings. The molecule has 0 spiro atoms. The van der Waals surface area contributed by atoms with Crippen molar-refractivity contribution >= 4 is 11.8 Å². The van der Waals surface area contributed by atoms with E-state index in [1.807, 2.05) is 60.7 Å². The fraction of sp³-hybridized carbons (Fsp3) is 0.130. The van der Waals surface area contributed by atoms with Crippen LogP contribution in [0.3, 0.4) is 0 Å². The van der Waals surface area contributed by atoms with Crippen molar-refractivity contribution in [3.63, 3.8) is 0 Å². The van der Waals surface area contributed by atoms with Gasteiger partial charge in [0.15, 0.2) is 5.78 Å². The molecule has 0 heterocycles. The summed E-state index contributed by atoms with van der Waals surface area (Å²) in [5.41, 5.74) is 3.83. The zero-order valence-electron chi connectivity index (χ0n) is 15.3. The van der Waals surface area contributed by atoms with Crippen LogP contribution in [-0.2, 0) is 11.3 Å². The molecule has 0 amide bonds. The summed E-state index contributed by atoms with van der Waals surface area (Å²) in [4.78, 5) is 23.7. The molecule has 136 valence electrons. The summed E-state index contributed by atoms with van der Waals surface area (Å²) in [5, 5.41) is 0. The van der Waals surface area contributed by atoms with Crippen molar-refractivity contribution in [3.8, 4) is 16.9 Å². The van der Waals surface area contributed by atoms with Crippen molar-refractivity contribution in [2.24, 2.45) is 0 Å². The molecule has 4 heteroatoms. The minimum absolute atomic E-state index is 0.0638. The Morgan fingerprint density at radius 3 is 2.15 bits per heavy atom. The molecule has 0 unspecified atom stereocenters. The quantitative estimate of drug-likeness (QED) is 0.462. The van der Waals surface area contributed by atoms with Crippen molar-refractivity contribution in [3.05, 3.63) is 89.5 Å². The van der Waals surface area contributed by atoms with Crippen LogP contribution in [0.1, 0.15) is 33.2 Å². The number of hydrogen-bond acceptors (Lipinski definition) is 4. The monoisotopic (exact) mass is 360 g/mol. The molecule has 0 aliphatic heterocycles. The Morgan fingerprint density at radius 1 is 0.852 bits per heavy atom. The van der Waals surface area contributed by atoms with E-state index in [2.05, 4.69) is 0 Å². The molecule has 0 saturated carbocycles. The summed E-state index contributed by atoms with van der Waals surface area (Å²) < 4.78 is 10.6. The van der Waals surface area contributed by atoms with E-state index >= 15 is 0 Å². The second-order valence-corrected chi connectivity index (χ2v) is 6.11. The highest BCUT2D eigenvalue weighted by Crippen LogP contribution is 2.28. The lowest BCUT2D eigenvalue weighted by molar-refractivity contribution is 0.0600. The molecule has 3 rings (SSSR count). The predicted molar refractivity (Wildman–Crippen MR) is 104 cm³/mol.